The van der Waals surface area contributed by atoms with Crippen LogP contribution in [0.25, 0.3) is 0 Å². The van der Waals surface area contributed by atoms with Gasteiger partial charge in [-0.05, 0) is 34.4 Å². The fraction of sp³-hybridized carbons (Fsp3) is 0.174. The van der Waals surface area contributed by atoms with Crippen LogP contribution in [-0.2, 0) is 16.0 Å². The molecule has 1 atom stereocenters. The SMILES string of the molecule is O=C(Oc1ccccc1O)C1CC2(O)c3ccccc3C1(O)c1ccccc12. The fourth-order valence-corrected chi connectivity index (χ4v) is 4.66. The van der Waals surface area contributed by atoms with Crippen molar-refractivity contribution in [3.8, 4) is 11.5 Å². The number of rotatable bonds is 2. The quantitative estimate of drug-likeness (QED) is 0.474. The van der Waals surface area contributed by atoms with Crippen molar-refractivity contribution < 1.29 is 24.9 Å². The zero-order valence-corrected chi connectivity index (χ0v) is 14.9. The van der Waals surface area contributed by atoms with Gasteiger partial charge in [0.25, 0.3) is 0 Å². The van der Waals surface area contributed by atoms with Crippen LogP contribution < -0.4 is 4.74 Å². The van der Waals surface area contributed by atoms with Gasteiger partial charge in [0.2, 0.25) is 0 Å². The van der Waals surface area contributed by atoms with Gasteiger partial charge in [-0.2, -0.15) is 0 Å². The molecule has 0 heterocycles. The van der Waals surface area contributed by atoms with Gasteiger partial charge in [-0.15, -0.1) is 0 Å². The highest BCUT2D eigenvalue weighted by Gasteiger charge is 2.62. The van der Waals surface area contributed by atoms with E-state index in [1.54, 1.807) is 60.7 Å². The number of phenols is 1. The van der Waals surface area contributed by atoms with Crippen molar-refractivity contribution in [3.63, 3.8) is 0 Å². The molecule has 0 saturated carbocycles. The minimum absolute atomic E-state index is 0.00996. The minimum Gasteiger partial charge on any atom is -0.504 e. The van der Waals surface area contributed by atoms with Crippen LogP contribution in [0.3, 0.4) is 0 Å². The van der Waals surface area contributed by atoms with E-state index >= 15 is 0 Å². The topological polar surface area (TPSA) is 87.0 Å². The summed E-state index contributed by atoms with van der Waals surface area (Å²) in [6.07, 6.45) is -0.00996. The number of esters is 1. The number of phenolic OH excluding ortho intramolecular Hbond substituents is 1. The fourth-order valence-electron chi connectivity index (χ4n) is 4.66. The molecule has 0 spiro atoms. The van der Waals surface area contributed by atoms with Crippen LogP contribution >= 0.6 is 0 Å². The smallest absolute Gasteiger partial charge is 0.318 e. The predicted octanol–water partition coefficient (Wildman–Crippen LogP) is 2.80. The first kappa shape index (κ1) is 17.0. The summed E-state index contributed by atoms with van der Waals surface area (Å²) in [7, 11) is 0. The average Bonchev–Trinajstić information content (AvgIpc) is 2.72. The summed E-state index contributed by atoms with van der Waals surface area (Å²) >= 11 is 0. The molecule has 6 rings (SSSR count). The van der Waals surface area contributed by atoms with Crippen molar-refractivity contribution in [1.82, 2.24) is 0 Å². The molecule has 0 amide bonds. The molecule has 0 fully saturated rings. The van der Waals surface area contributed by atoms with Crippen molar-refractivity contribution in [1.29, 1.82) is 0 Å². The first-order valence-electron chi connectivity index (χ1n) is 9.10. The Labute approximate surface area is 161 Å². The maximum Gasteiger partial charge on any atom is 0.318 e. The Morgan fingerprint density at radius 1 is 0.821 bits per heavy atom. The molecule has 5 nitrogen and oxygen atoms in total. The van der Waals surface area contributed by atoms with E-state index in [0.717, 1.165) is 0 Å². The Bertz CT molecular complexity index is 1060. The highest BCUT2D eigenvalue weighted by molar-refractivity contribution is 5.81. The number of hydrogen-bond acceptors (Lipinski definition) is 5. The molecule has 0 aromatic heterocycles. The molecule has 3 aromatic rings. The molecule has 0 radical (unpaired) electrons. The van der Waals surface area contributed by atoms with E-state index in [0.29, 0.717) is 22.3 Å². The van der Waals surface area contributed by atoms with E-state index in [4.69, 9.17) is 4.74 Å². The van der Waals surface area contributed by atoms with Gasteiger partial charge in [0.05, 0.1) is 5.92 Å². The maximum atomic E-state index is 13.1. The third-order valence-electron chi connectivity index (χ3n) is 5.93. The molecule has 0 saturated heterocycles. The number of ether oxygens (including phenoxy) is 1. The number of para-hydroxylation sites is 2. The number of aromatic hydroxyl groups is 1. The van der Waals surface area contributed by atoms with Crippen molar-refractivity contribution in [2.45, 2.75) is 17.6 Å². The summed E-state index contributed by atoms with van der Waals surface area (Å²) in [5.41, 5.74) is -0.826. The van der Waals surface area contributed by atoms with E-state index in [1.807, 2.05) is 0 Å². The number of carbonyl (C=O) groups is 1. The van der Waals surface area contributed by atoms with Crippen molar-refractivity contribution >= 4 is 5.97 Å². The Balaban J connectivity index is 1.67. The number of benzene rings is 3. The first-order valence-corrected chi connectivity index (χ1v) is 9.10. The lowest BCUT2D eigenvalue weighted by Gasteiger charge is -2.53. The maximum absolute atomic E-state index is 13.1. The lowest BCUT2D eigenvalue weighted by Crippen LogP contribution is -2.57. The molecule has 3 aliphatic carbocycles. The van der Waals surface area contributed by atoms with Crippen LogP contribution in [-0.4, -0.2) is 21.3 Å². The third kappa shape index (κ3) is 2.06. The molecule has 3 aliphatic rings. The number of aliphatic hydroxyl groups is 2. The highest BCUT2D eigenvalue weighted by atomic mass is 16.5. The van der Waals surface area contributed by atoms with Gasteiger partial charge in [-0.25, -0.2) is 0 Å². The van der Waals surface area contributed by atoms with E-state index in [2.05, 4.69) is 0 Å². The van der Waals surface area contributed by atoms with Crippen molar-refractivity contribution in [2.75, 3.05) is 0 Å². The molecule has 3 aromatic carbocycles. The van der Waals surface area contributed by atoms with E-state index < -0.39 is 23.1 Å². The van der Waals surface area contributed by atoms with Crippen LogP contribution in [0, 0.1) is 5.92 Å². The van der Waals surface area contributed by atoms with Crippen molar-refractivity contribution in [2.24, 2.45) is 5.92 Å². The summed E-state index contributed by atoms with van der Waals surface area (Å²) in [5, 5.41) is 33.4. The second-order valence-electron chi connectivity index (χ2n) is 7.36. The molecule has 5 heteroatoms. The highest BCUT2D eigenvalue weighted by Crippen LogP contribution is 2.59. The van der Waals surface area contributed by atoms with E-state index in [-0.39, 0.29) is 17.9 Å². The molecule has 0 aliphatic heterocycles. The van der Waals surface area contributed by atoms with Gasteiger partial charge >= 0.3 is 5.97 Å². The zero-order chi connectivity index (χ0) is 19.5. The molecular weight excluding hydrogens is 356 g/mol. The second-order valence-corrected chi connectivity index (χ2v) is 7.36. The van der Waals surface area contributed by atoms with E-state index in [1.165, 1.54) is 12.1 Å². The van der Waals surface area contributed by atoms with Crippen LogP contribution in [0.4, 0.5) is 0 Å². The standard InChI is InChI=1S/C23H18O5/c24-19-11-5-6-12-20(19)28-21(25)18-13-22(26)14-7-1-3-9-16(14)23(18,27)17-10-4-2-8-15(17)22/h1-12,18,24,26-27H,13H2. The van der Waals surface area contributed by atoms with Gasteiger partial charge in [0.1, 0.15) is 11.2 Å². The number of hydrogen-bond donors (Lipinski definition) is 3. The predicted molar refractivity (Wildman–Crippen MR) is 101 cm³/mol. The third-order valence-corrected chi connectivity index (χ3v) is 5.93. The van der Waals surface area contributed by atoms with Gasteiger partial charge in [0.15, 0.2) is 11.5 Å². The van der Waals surface area contributed by atoms with Crippen LogP contribution in [0.15, 0.2) is 72.8 Å². The summed E-state index contributed by atoms with van der Waals surface area (Å²) < 4.78 is 5.42. The summed E-state index contributed by atoms with van der Waals surface area (Å²) in [4.78, 5) is 13.1. The number of carbonyl (C=O) groups excluding carboxylic acids is 1. The zero-order valence-electron chi connectivity index (χ0n) is 14.9. The first-order chi connectivity index (χ1) is 13.5. The molecule has 28 heavy (non-hydrogen) atoms. The van der Waals surface area contributed by atoms with Gasteiger partial charge < -0.3 is 20.1 Å². The van der Waals surface area contributed by atoms with Crippen molar-refractivity contribution in [3.05, 3.63) is 95.1 Å². The molecule has 140 valence electrons. The van der Waals surface area contributed by atoms with Crippen LogP contribution in [0.1, 0.15) is 28.7 Å². The Morgan fingerprint density at radius 3 is 1.89 bits per heavy atom. The lowest BCUT2D eigenvalue weighted by molar-refractivity contribution is -0.157. The summed E-state index contributed by atoms with van der Waals surface area (Å²) in [6.45, 7) is 0. The summed E-state index contributed by atoms with van der Waals surface area (Å²) in [5.74, 6) is -1.87. The monoisotopic (exact) mass is 374 g/mol. The average molecular weight is 374 g/mol. The van der Waals surface area contributed by atoms with Gasteiger partial charge in [0, 0.05) is 6.42 Å². The molecular formula is C23H18O5. The second kappa shape index (κ2) is 5.67. The Kier molecular flexibility index (Phi) is 3.44. The van der Waals surface area contributed by atoms with Crippen LogP contribution in [0.5, 0.6) is 11.5 Å². The van der Waals surface area contributed by atoms with E-state index in [9.17, 15) is 20.1 Å². The molecule has 1 unspecified atom stereocenters. The van der Waals surface area contributed by atoms with Crippen LogP contribution in [0.2, 0.25) is 0 Å². The van der Waals surface area contributed by atoms with Gasteiger partial charge in [-0.3, -0.25) is 4.79 Å². The van der Waals surface area contributed by atoms with Gasteiger partial charge in [-0.1, -0.05) is 60.7 Å². The Morgan fingerprint density at radius 2 is 1.32 bits per heavy atom. The summed E-state index contributed by atoms with van der Waals surface area (Å²) in [6, 6.07) is 20.3. The minimum atomic E-state index is -1.63. The lowest BCUT2D eigenvalue weighted by atomic mass is 9.54. The molecule has 2 bridgehead atoms. The Hall–Kier alpha value is -3.15. The number of fused-ring (bicyclic) bond motifs is 1. The normalized spacial score (nSPS) is 27.0. The largest absolute Gasteiger partial charge is 0.504 e. The molecule has 3 N–H and O–H groups in total.